The van der Waals surface area contributed by atoms with Gasteiger partial charge in [0.2, 0.25) is 5.91 Å². The van der Waals surface area contributed by atoms with Gasteiger partial charge in [-0.25, -0.2) is 23.3 Å². The van der Waals surface area contributed by atoms with E-state index in [1.807, 2.05) is 19.9 Å². The standard InChI is InChI=1S/C21H23F2N5O2S2/c1-12(2)26-32-27-21(30)25-18(8-13-6-14(22)9-15(23)7-13)20(29)28(3)16-4-5-19-17(10-16)24-11-31-19/h4-7,9-12,18,26H,8H2,1-3H3,(H2,25,27,30). The molecule has 0 bridgehead atoms. The van der Waals surface area contributed by atoms with Gasteiger partial charge in [-0.2, -0.15) is 0 Å². The molecule has 0 aliphatic rings. The van der Waals surface area contributed by atoms with Crippen LogP contribution in [0.5, 0.6) is 0 Å². The van der Waals surface area contributed by atoms with Crippen molar-refractivity contribution in [3.63, 3.8) is 0 Å². The number of hydrogen-bond donors (Lipinski definition) is 3. The van der Waals surface area contributed by atoms with E-state index in [9.17, 15) is 18.4 Å². The lowest BCUT2D eigenvalue weighted by Gasteiger charge is -2.25. The molecule has 1 aromatic heterocycles. The van der Waals surface area contributed by atoms with E-state index in [2.05, 4.69) is 19.7 Å². The zero-order valence-electron chi connectivity index (χ0n) is 17.7. The molecule has 3 aromatic rings. The number of carbonyl (C=O) groups is 2. The van der Waals surface area contributed by atoms with Crippen LogP contribution in [0.4, 0.5) is 19.3 Å². The molecule has 0 radical (unpaired) electrons. The number of fused-ring (bicyclic) bond motifs is 1. The summed E-state index contributed by atoms with van der Waals surface area (Å²) in [7, 11) is 1.57. The summed E-state index contributed by atoms with van der Waals surface area (Å²) in [5, 5.41) is 2.60. The molecule has 1 heterocycles. The van der Waals surface area contributed by atoms with E-state index >= 15 is 0 Å². The molecule has 3 amide bonds. The first kappa shape index (κ1) is 23.9. The highest BCUT2D eigenvalue weighted by Gasteiger charge is 2.26. The molecule has 3 N–H and O–H groups in total. The van der Waals surface area contributed by atoms with Gasteiger partial charge in [0.05, 0.1) is 15.7 Å². The summed E-state index contributed by atoms with van der Waals surface area (Å²) in [6, 6.07) is 6.89. The Morgan fingerprint density at radius 1 is 1.16 bits per heavy atom. The largest absolute Gasteiger partial charge is 0.326 e. The molecule has 1 atom stereocenters. The van der Waals surface area contributed by atoms with Crippen molar-refractivity contribution in [3.8, 4) is 0 Å². The molecule has 0 fully saturated rings. The van der Waals surface area contributed by atoms with Gasteiger partial charge in [-0.3, -0.25) is 9.52 Å². The Kier molecular flexibility index (Phi) is 7.99. The van der Waals surface area contributed by atoms with E-state index in [1.165, 1.54) is 16.2 Å². The van der Waals surface area contributed by atoms with E-state index in [-0.39, 0.29) is 18.0 Å². The van der Waals surface area contributed by atoms with Gasteiger partial charge in [0.1, 0.15) is 17.7 Å². The van der Waals surface area contributed by atoms with Crippen LogP contribution >= 0.6 is 23.5 Å². The number of hydrogen-bond acceptors (Lipinski definition) is 6. The van der Waals surface area contributed by atoms with Crippen LogP contribution in [-0.4, -0.2) is 36.1 Å². The molecular formula is C21H23F2N5O2S2. The minimum absolute atomic E-state index is 0.0908. The Labute approximate surface area is 192 Å². The summed E-state index contributed by atoms with van der Waals surface area (Å²) in [5.74, 6) is -1.95. The van der Waals surface area contributed by atoms with E-state index in [0.717, 1.165) is 40.5 Å². The summed E-state index contributed by atoms with van der Waals surface area (Å²) < 4.78 is 33.8. The van der Waals surface area contributed by atoms with Crippen molar-refractivity contribution in [2.24, 2.45) is 0 Å². The topological polar surface area (TPSA) is 86.4 Å². The monoisotopic (exact) mass is 479 g/mol. The fraction of sp³-hybridized carbons (Fsp3) is 0.286. The van der Waals surface area contributed by atoms with Crippen LogP contribution in [0.1, 0.15) is 19.4 Å². The lowest BCUT2D eigenvalue weighted by atomic mass is 10.0. The first-order valence-corrected chi connectivity index (χ1v) is 11.5. The molecule has 170 valence electrons. The molecule has 0 saturated carbocycles. The average molecular weight is 480 g/mol. The number of aromatic nitrogens is 1. The van der Waals surface area contributed by atoms with Crippen LogP contribution in [0.25, 0.3) is 10.2 Å². The second-order valence-corrected chi connectivity index (χ2v) is 8.92. The highest BCUT2D eigenvalue weighted by Crippen LogP contribution is 2.24. The number of carbonyl (C=O) groups excluding carboxylic acids is 2. The number of amides is 3. The average Bonchev–Trinajstić information content (AvgIpc) is 3.19. The Hall–Kier alpha value is -2.76. The van der Waals surface area contributed by atoms with Gasteiger partial charge in [0.15, 0.2) is 0 Å². The minimum atomic E-state index is -1.06. The number of nitrogens with one attached hydrogen (secondary N) is 3. The molecule has 32 heavy (non-hydrogen) atoms. The number of benzene rings is 2. The molecule has 2 aromatic carbocycles. The molecular weight excluding hydrogens is 456 g/mol. The van der Waals surface area contributed by atoms with E-state index in [0.29, 0.717) is 5.69 Å². The molecule has 0 aliphatic heterocycles. The zero-order valence-corrected chi connectivity index (χ0v) is 19.3. The number of rotatable bonds is 8. The van der Waals surface area contributed by atoms with Gasteiger partial charge in [0.25, 0.3) is 0 Å². The van der Waals surface area contributed by atoms with Gasteiger partial charge in [-0.15, -0.1) is 11.3 Å². The maximum atomic E-state index is 13.7. The van der Waals surface area contributed by atoms with Crippen molar-refractivity contribution in [2.45, 2.75) is 32.4 Å². The number of halogens is 2. The van der Waals surface area contributed by atoms with Gasteiger partial charge < -0.3 is 10.2 Å². The number of likely N-dealkylation sites (N-methyl/N-ethyl adjacent to an activating group) is 1. The Morgan fingerprint density at radius 2 is 1.88 bits per heavy atom. The normalized spacial score (nSPS) is 12.1. The quantitative estimate of drug-likeness (QED) is 0.425. The molecule has 11 heteroatoms. The van der Waals surface area contributed by atoms with Crippen molar-refractivity contribution in [1.82, 2.24) is 19.7 Å². The summed E-state index contributed by atoms with van der Waals surface area (Å²) in [5.41, 5.74) is 3.30. The van der Waals surface area contributed by atoms with Crippen LogP contribution < -0.4 is 19.7 Å². The first-order valence-electron chi connectivity index (χ1n) is 9.76. The number of nitrogens with zero attached hydrogens (tertiary/aromatic N) is 2. The predicted molar refractivity (Wildman–Crippen MR) is 124 cm³/mol. The van der Waals surface area contributed by atoms with Gasteiger partial charge in [0, 0.05) is 43.4 Å². The zero-order chi connectivity index (χ0) is 23.3. The maximum absolute atomic E-state index is 13.7. The van der Waals surface area contributed by atoms with Gasteiger partial charge in [-0.05, 0) is 49.7 Å². The van der Waals surface area contributed by atoms with Crippen LogP contribution in [-0.2, 0) is 11.2 Å². The highest BCUT2D eigenvalue weighted by atomic mass is 32.2. The SMILES string of the molecule is CC(C)NSNC(=O)NC(Cc1cc(F)cc(F)c1)C(=O)N(C)c1ccc2scnc2c1. The van der Waals surface area contributed by atoms with Crippen LogP contribution in [0.2, 0.25) is 0 Å². The van der Waals surface area contributed by atoms with Crippen molar-refractivity contribution in [3.05, 3.63) is 59.1 Å². The molecule has 1 unspecified atom stereocenters. The Morgan fingerprint density at radius 3 is 2.56 bits per heavy atom. The fourth-order valence-corrected chi connectivity index (χ4v) is 4.07. The predicted octanol–water partition coefficient (Wildman–Crippen LogP) is 4.01. The maximum Gasteiger partial charge on any atom is 0.326 e. The van der Waals surface area contributed by atoms with E-state index < -0.39 is 29.6 Å². The van der Waals surface area contributed by atoms with Crippen molar-refractivity contribution in [1.29, 1.82) is 0 Å². The van der Waals surface area contributed by atoms with Gasteiger partial charge >= 0.3 is 6.03 Å². The van der Waals surface area contributed by atoms with Crippen molar-refractivity contribution >= 4 is 51.3 Å². The van der Waals surface area contributed by atoms with Gasteiger partial charge in [-0.1, -0.05) is 0 Å². The summed E-state index contributed by atoms with van der Waals surface area (Å²) in [4.78, 5) is 31.3. The van der Waals surface area contributed by atoms with Crippen molar-refractivity contribution in [2.75, 3.05) is 11.9 Å². The minimum Gasteiger partial charge on any atom is -0.325 e. The molecule has 7 nitrogen and oxygen atoms in total. The summed E-state index contributed by atoms with van der Waals surface area (Å²) in [6.07, 6.45) is -0.0908. The number of urea groups is 1. The number of anilines is 1. The van der Waals surface area contributed by atoms with Crippen LogP contribution in [0.3, 0.4) is 0 Å². The third-order valence-corrected chi connectivity index (χ3v) is 6.12. The Balaban J connectivity index is 1.80. The highest BCUT2D eigenvalue weighted by molar-refractivity contribution is 7.96. The van der Waals surface area contributed by atoms with Crippen molar-refractivity contribution < 1.29 is 18.4 Å². The van der Waals surface area contributed by atoms with Crippen LogP contribution in [0.15, 0.2) is 41.9 Å². The fourth-order valence-electron chi connectivity index (χ4n) is 2.96. The van der Waals surface area contributed by atoms with E-state index in [1.54, 1.807) is 24.7 Å². The molecule has 0 saturated heterocycles. The lowest BCUT2D eigenvalue weighted by Crippen LogP contribution is -2.51. The first-order chi connectivity index (χ1) is 15.2. The third-order valence-electron chi connectivity index (χ3n) is 4.44. The third kappa shape index (κ3) is 6.38. The van der Waals surface area contributed by atoms with E-state index in [4.69, 9.17) is 0 Å². The lowest BCUT2D eigenvalue weighted by molar-refractivity contribution is -0.120. The molecule has 0 spiro atoms. The van der Waals surface area contributed by atoms with Crippen LogP contribution in [0, 0.1) is 11.6 Å². The molecule has 0 aliphatic carbocycles. The molecule has 3 rings (SSSR count). The smallest absolute Gasteiger partial charge is 0.325 e. The number of thiazole rings is 1. The summed E-state index contributed by atoms with van der Waals surface area (Å²) in [6.45, 7) is 3.82. The summed E-state index contributed by atoms with van der Waals surface area (Å²) >= 11 is 2.46. The second-order valence-electron chi connectivity index (χ2n) is 7.39. The second kappa shape index (κ2) is 10.7. The Bertz CT molecular complexity index is 1090.